The zero-order chi connectivity index (χ0) is 19.2. The van der Waals surface area contributed by atoms with Crippen LogP contribution in [-0.4, -0.2) is 18.5 Å². The van der Waals surface area contributed by atoms with E-state index < -0.39 is 30.2 Å². The van der Waals surface area contributed by atoms with E-state index in [-0.39, 0.29) is 5.69 Å². The fourth-order valence-corrected chi connectivity index (χ4v) is 1.99. The van der Waals surface area contributed by atoms with Crippen molar-refractivity contribution in [3.63, 3.8) is 0 Å². The highest BCUT2D eigenvalue weighted by Crippen LogP contribution is 2.29. The molecule has 0 bridgehead atoms. The summed E-state index contributed by atoms with van der Waals surface area (Å²) in [7, 11) is 0. The van der Waals surface area contributed by atoms with Crippen molar-refractivity contribution in [1.82, 2.24) is 0 Å². The van der Waals surface area contributed by atoms with Gasteiger partial charge in [-0.15, -0.1) is 0 Å². The Kier molecular flexibility index (Phi) is 6.41. The molecule has 2 aromatic carbocycles. The second kappa shape index (κ2) is 8.53. The number of ether oxygens (including phenoxy) is 1. The molecule has 0 saturated heterocycles. The number of alkyl halides is 3. The summed E-state index contributed by atoms with van der Waals surface area (Å²) < 4.78 is 42.1. The highest BCUT2D eigenvalue weighted by molar-refractivity contribution is 6.30. The number of rotatable bonds is 5. The van der Waals surface area contributed by atoms with Crippen molar-refractivity contribution in [3.05, 3.63) is 70.8 Å². The second-order valence-electron chi connectivity index (χ2n) is 5.12. The van der Waals surface area contributed by atoms with Crippen LogP contribution in [-0.2, 0) is 20.5 Å². The summed E-state index contributed by atoms with van der Waals surface area (Å²) in [6, 6.07) is 10.6. The van der Waals surface area contributed by atoms with E-state index in [4.69, 9.17) is 16.3 Å². The van der Waals surface area contributed by atoms with Gasteiger partial charge in [0.25, 0.3) is 5.91 Å². The number of anilines is 1. The Balaban J connectivity index is 1.80. The molecule has 0 unspecified atom stereocenters. The monoisotopic (exact) mass is 383 g/mol. The van der Waals surface area contributed by atoms with Gasteiger partial charge in [0.1, 0.15) is 0 Å². The van der Waals surface area contributed by atoms with Crippen LogP contribution in [0.4, 0.5) is 18.9 Å². The molecule has 0 radical (unpaired) electrons. The molecule has 0 saturated carbocycles. The average molecular weight is 384 g/mol. The lowest BCUT2D eigenvalue weighted by Crippen LogP contribution is -2.20. The standard InChI is InChI=1S/C18H13ClF3NO3/c19-14-6-1-12(2-7-14)3-10-17(25)26-11-16(24)23-15-8-4-13(5-9-15)18(20,21)22/h1-10H,11H2,(H,23,24)/b10-3+. The number of carbonyl (C=O) groups is 2. The van der Waals surface area contributed by atoms with Crippen LogP contribution in [0.5, 0.6) is 0 Å². The summed E-state index contributed by atoms with van der Waals surface area (Å²) in [5, 5.41) is 2.89. The zero-order valence-corrected chi connectivity index (χ0v) is 14.0. The highest BCUT2D eigenvalue weighted by Gasteiger charge is 2.29. The van der Waals surface area contributed by atoms with Gasteiger partial charge in [-0.25, -0.2) is 4.79 Å². The summed E-state index contributed by atoms with van der Waals surface area (Å²) in [6.07, 6.45) is -1.81. The van der Waals surface area contributed by atoms with E-state index in [2.05, 4.69) is 5.32 Å². The Labute approximate surface area is 152 Å². The van der Waals surface area contributed by atoms with E-state index in [9.17, 15) is 22.8 Å². The highest BCUT2D eigenvalue weighted by atomic mass is 35.5. The van der Waals surface area contributed by atoms with E-state index >= 15 is 0 Å². The Hall–Kier alpha value is -2.80. The number of esters is 1. The van der Waals surface area contributed by atoms with Crippen LogP contribution in [0, 0.1) is 0 Å². The Morgan fingerprint density at radius 1 is 1.04 bits per heavy atom. The molecule has 8 heteroatoms. The van der Waals surface area contributed by atoms with Crippen LogP contribution in [0.25, 0.3) is 6.08 Å². The minimum absolute atomic E-state index is 0.163. The molecule has 0 aliphatic carbocycles. The van der Waals surface area contributed by atoms with Gasteiger partial charge >= 0.3 is 12.1 Å². The van der Waals surface area contributed by atoms with Gasteiger partial charge < -0.3 is 10.1 Å². The first-order chi connectivity index (χ1) is 12.2. The number of halogens is 4. The van der Waals surface area contributed by atoms with Crippen molar-refractivity contribution < 1.29 is 27.5 Å². The topological polar surface area (TPSA) is 55.4 Å². The van der Waals surface area contributed by atoms with Gasteiger partial charge in [-0.05, 0) is 48.0 Å². The molecule has 0 fully saturated rings. The Morgan fingerprint density at radius 3 is 2.23 bits per heavy atom. The quantitative estimate of drug-likeness (QED) is 0.608. The van der Waals surface area contributed by atoms with Crippen molar-refractivity contribution >= 4 is 35.2 Å². The largest absolute Gasteiger partial charge is 0.452 e. The van der Waals surface area contributed by atoms with Gasteiger partial charge in [-0.2, -0.15) is 13.2 Å². The number of nitrogens with one attached hydrogen (secondary N) is 1. The third kappa shape index (κ3) is 6.25. The molecule has 1 N–H and O–H groups in total. The van der Waals surface area contributed by atoms with Gasteiger partial charge in [-0.3, -0.25) is 4.79 Å². The molecule has 4 nitrogen and oxygen atoms in total. The first-order valence-electron chi connectivity index (χ1n) is 7.31. The van der Waals surface area contributed by atoms with Gasteiger partial charge in [0.2, 0.25) is 0 Å². The predicted molar refractivity (Wildman–Crippen MR) is 91.5 cm³/mol. The fraction of sp³-hybridized carbons (Fsp3) is 0.111. The maximum atomic E-state index is 12.4. The molecule has 136 valence electrons. The van der Waals surface area contributed by atoms with Gasteiger partial charge in [-0.1, -0.05) is 23.7 Å². The van der Waals surface area contributed by atoms with Crippen LogP contribution < -0.4 is 5.32 Å². The molecular weight excluding hydrogens is 371 g/mol. The molecule has 2 rings (SSSR count). The van der Waals surface area contributed by atoms with Crippen LogP contribution in [0.2, 0.25) is 5.02 Å². The summed E-state index contributed by atoms with van der Waals surface area (Å²) in [4.78, 5) is 23.2. The zero-order valence-electron chi connectivity index (χ0n) is 13.2. The van der Waals surface area contributed by atoms with Gasteiger partial charge in [0.05, 0.1) is 5.56 Å². The number of benzene rings is 2. The predicted octanol–water partition coefficient (Wildman–Crippen LogP) is 4.55. The van der Waals surface area contributed by atoms with Gasteiger partial charge in [0, 0.05) is 16.8 Å². The van der Waals surface area contributed by atoms with Crippen molar-refractivity contribution in [1.29, 1.82) is 0 Å². The van der Waals surface area contributed by atoms with Crippen LogP contribution in [0.1, 0.15) is 11.1 Å². The summed E-state index contributed by atoms with van der Waals surface area (Å²) >= 11 is 5.74. The molecule has 26 heavy (non-hydrogen) atoms. The summed E-state index contributed by atoms with van der Waals surface area (Å²) in [5.41, 5.74) is 0.0607. The molecule has 0 heterocycles. The van der Waals surface area contributed by atoms with Crippen molar-refractivity contribution in [2.24, 2.45) is 0 Å². The van der Waals surface area contributed by atoms with Crippen LogP contribution >= 0.6 is 11.6 Å². The van der Waals surface area contributed by atoms with Gasteiger partial charge in [0.15, 0.2) is 6.61 Å². The van der Waals surface area contributed by atoms with Crippen molar-refractivity contribution in [2.45, 2.75) is 6.18 Å². The van der Waals surface area contributed by atoms with E-state index in [1.54, 1.807) is 24.3 Å². The average Bonchev–Trinajstić information content (AvgIpc) is 2.59. The SMILES string of the molecule is O=C(COC(=O)/C=C/c1ccc(Cl)cc1)Nc1ccc(C(F)(F)F)cc1. The Morgan fingerprint density at radius 2 is 1.65 bits per heavy atom. The summed E-state index contributed by atoms with van der Waals surface area (Å²) in [6.45, 7) is -0.565. The first-order valence-corrected chi connectivity index (χ1v) is 7.69. The number of amides is 1. The van der Waals surface area contributed by atoms with E-state index in [0.717, 1.165) is 35.9 Å². The second-order valence-corrected chi connectivity index (χ2v) is 5.55. The Bertz CT molecular complexity index is 800. The number of hydrogen-bond acceptors (Lipinski definition) is 3. The lowest BCUT2D eigenvalue weighted by Gasteiger charge is -2.08. The summed E-state index contributed by atoms with van der Waals surface area (Å²) in [5.74, 6) is -1.40. The molecule has 0 aliphatic heterocycles. The lowest BCUT2D eigenvalue weighted by molar-refractivity contribution is -0.142. The molecule has 0 aliphatic rings. The molecule has 1 amide bonds. The third-order valence-electron chi connectivity index (χ3n) is 3.12. The van der Waals surface area contributed by atoms with Crippen molar-refractivity contribution in [2.75, 3.05) is 11.9 Å². The maximum absolute atomic E-state index is 12.4. The normalized spacial score (nSPS) is 11.4. The smallest absolute Gasteiger partial charge is 0.416 e. The molecule has 2 aromatic rings. The number of hydrogen-bond donors (Lipinski definition) is 1. The third-order valence-corrected chi connectivity index (χ3v) is 3.38. The van der Waals surface area contributed by atoms with E-state index in [1.165, 1.54) is 6.08 Å². The van der Waals surface area contributed by atoms with E-state index in [1.807, 2.05) is 0 Å². The first kappa shape index (κ1) is 19.5. The minimum Gasteiger partial charge on any atom is -0.452 e. The lowest BCUT2D eigenvalue weighted by atomic mass is 10.2. The van der Waals surface area contributed by atoms with Crippen molar-refractivity contribution in [3.8, 4) is 0 Å². The maximum Gasteiger partial charge on any atom is 0.416 e. The van der Waals surface area contributed by atoms with Crippen LogP contribution in [0.3, 0.4) is 0 Å². The molecule has 0 aromatic heterocycles. The van der Waals surface area contributed by atoms with E-state index in [0.29, 0.717) is 5.02 Å². The minimum atomic E-state index is -4.45. The number of carbonyl (C=O) groups excluding carboxylic acids is 2. The molecule has 0 atom stereocenters. The fourth-order valence-electron chi connectivity index (χ4n) is 1.86. The van der Waals surface area contributed by atoms with Crippen LogP contribution in [0.15, 0.2) is 54.6 Å². The molecule has 0 spiro atoms. The molecular formula is C18H13ClF3NO3.